The van der Waals surface area contributed by atoms with E-state index < -0.39 is 0 Å². The van der Waals surface area contributed by atoms with E-state index in [0.29, 0.717) is 6.54 Å². The number of rotatable bonds is 5. The number of aromatic nitrogens is 1. The quantitative estimate of drug-likeness (QED) is 0.759. The molecule has 2 aromatic carbocycles. The molecule has 0 saturated heterocycles. The number of nitrogens with two attached hydrogens (primary N) is 1. The molecule has 4 heteroatoms. The van der Waals surface area contributed by atoms with Gasteiger partial charge in [0.2, 0.25) is 0 Å². The molecule has 0 radical (unpaired) electrons. The van der Waals surface area contributed by atoms with Crippen molar-refractivity contribution in [2.24, 2.45) is 5.73 Å². The van der Waals surface area contributed by atoms with Crippen LogP contribution in [0.25, 0.3) is 22.0 Å². The minimum atomic E-state index is 0.566. The zero-order chi connectivity index (χ0) is 15.5. The number of H-pyrrole nitrogens is 1. The van der Waals surface area contributed by atoms with Crippen LogP contribution < -0.4 is 15.2 Å². The third-order valence-electron chi connectivity index (χ3n) is 3.87. The third-order valence-corrected chi connectivity index (χ3v) is 3.87. The molecule has 0 bridgehead atoms. The van der Waals surface area contributed by atoms with E-state index in [4.69, 9.17) is 15.2 Å². The highest BCUT2D eigenvalue weighted by Gasteiger charge is 2.14. The van der Waals surface area contributed by atoms with Crippen molar-refractivity contribution in [2.45, 2.75) is 6.42 Å². The number of fused-ring (bicyclic) bond motifs is 1. The minimum Gasteiger partial charge on any atom is -0.493 e. The van der Waals surface area contributed by atoms with E-state index in [2.05, 4.69) is 23.2 Å². The summed E-state index contributed by atoms with van der Waals surface area (Å²) in [6, 6.07) is 12.4. The number of ether oxygens (including phenoxy) is 2. The van der Waals surface area contributed by atoms with Crippen LogP contribution in [0.4, 0.5) is 0 Å². The molecule has 3 N–H and O–H groups in total. The van der Waals surface area contributed by atoms with Crippen molar-refractivity contribution in [3.05, 3.63) is 48.2 Å². The fourth-order valence-corrected chi connectivity index (χ4v) is 2.85. The number of benzene rings is 2. The van der Waals surface area contributed by atoms with Gasteiger partial charge in [0.15, 0.2) is 11.5 Å². The lowest BCUT2D eigenvalue weighted by Crippen LogP contribution is -2.05. The Morgan fingerprint density at radius 3 is 2.64 bits per heavy atom. The number of hydrogen-bond donors (Lipinski definition) is 2. The van der Waals surface area contributed by atoms with Crippen LogP contribution in [0, 0.1) is 0 Å². The molecule has 0 atom stereocenters. The Kier molecular flexibility index (Phi) is 4.02. The zero-order valence-electron chi connectivity index (χ0n) is 12.8. The Labute approximate surface area is 129 Å². The van der Waals surface area contributed by atoms with Gasteiger partial charge < -0.3 is 20.2 Å². The molecule has 0 saturated carbocycles. The number of methoxy groups -OCH3 is 2. The van der Waals surface area contributed by atoms with Crippen LogP contribution in [0.3, 0.4) is 0 Å². The van der Waals surface area contributed by atoms with Crippen molar-refractivity contribution in [3.8, 4) is 22.6 Å². The van der Waals surface area contributed by atoms with Crippen LogP contribution in [0.5, 0.6) is 11.5 Å². The summed E-state index contributed by atoms with van der Waals surface area (Å²) in [6.07, 6.45) is 2.77. The van der Waals surface area contributed by atoms with Crippen molar-refractivity contribution >= 4 is 10.9 Å². The fraction of sp³-hybridized carbons (Fsp3) is 0.222. The summed E-state index contributed by atoms with van der Waals surface area (Å²) >= 11 is 0. The lowest BCUT2D eigenvalue weighted by atomic mass is 9.99. The molecule has 0 aliphatic heterocycles. The Morgan fingerprint density at radius 1 is 1.09 bits per heavy atom. The number of aromatic amines is 1. The van der Waals surface area contributed by atoms with Crippen molar-refractivity contribution in [3.63, 3.8) is 0 Å². The molecule has 0 fully saturated rings. The van der Waals surface area contributed by atoms with E-state index in [1.54, 1.807) is 14.2 Å². The summed E-state index contributed by atoms with van der Waals surface area (Å²) in [5.41, 5.74) is 10.2. The van der Waals surface area contributed by atoms with Gasteiger partial charge in [0.1, 0.15) is 0 Å². The van der Waals surface area contributed by atoms with Gasteiger partial charge in [-0.05, 0) is 42.3 Å². The molecule has 1 heterocycles. The second kappa shape index (κ2) is 6.12. The highest BCUT2D eigenvalue weighted by Crippen LogP contribution is 2.38. The summed E-state index contributed by atoms with van der Waals surface area (Å²) in [7, 11) is 3.31. The van der Waals surface area contributed by atoms with Crippen LogP contribution in [0.2, 0.25) is 0 Å². The smallest absolute Gasteiger partial charge is 0.163 e. The predicted octanol–water partition coefficient (Wildman–Crippen LogP) is 3.35. The van der Waals surface area contributed by atoms with E-state index in [9.17, 15) is 0 Å². The highest BCUT2D eigenvalue weighted by molar-refractivity contribution is 5.96. The van der Waals surface area contributed by atoms with Crippen molar-refractivity contribution in [1.82, 2.24) is 4.98 Å². The lowest BCUT2D eigenvalue weighted by molar-refractivity contribution is 0.352. The summed E-state index contributed by atoms with van der Waals surface area (Å²) in [6.45, 7) is 0.566. The first kappa shape index (κ1) is 14.5. The maximum Gasteiger partial charge on any atom is 0.163 e. The number of nitrogens with one attached hydrogen (secondary N) is 1. The highest BCUT2D eigenvalue weighted by atomic mass is 16.5. The molecule has 114 valence electrons. The van der Waals surface area contributed by atoms with Crippen molar-refractivity contribution in [1.29, 1.82) is 0 Å². The third kappa shape index (κ3) is 2.42. The first-order valence-electron chi connectivity index (χ1n) is 7.30. The Bertz CT molecular complexity index is 793. The number of hydrogen-bond acceptors (Lipinski definition) is 3. The van der Waals surface area contributed by atoms with Gasteiger partial charge in [0, 0.05) is 22.7 Å². The first-order chi connectivity index (χ1) is 10.8. The molecule has 3 rings (SSSR count). The molecule has 1 aromatic heterocycles. The minimum absolute atomic E-state index is 0.566. The first-order valence-corrected chi connectivity index (χ1v) is 7.30. The molecular weight excluding hydrogens is 276 g/mol. The van der Waals surface area contributed by atoms with Crippen LogP contribution >= 0.6 is 0 Å². The van der Waals surface area contributed by atoms with E-state index in [-0.39, 0.29) is 0 Å². The van der Waals surface area contributed by atoms with Crippen LogP contribution in [0.1, 0.15) is 5.56 Å². The largest absolute Gasteiger partial charge is 0.493 e. The maximum absolute atomic E-state index is 5.73. The second-order valence-electron chi connectivity index (χ2n) is 5.16. The maximum atomic E-state index is 5.73. The van der Waals surface area contributed by atoms with E-state index in [1.165, 1.54) is 5.39 Å². The van der Waals surface area contributed by atoms with Crippen LogP contribution in [-0.2, 0) is 6.42 Å². The van der Waals surface area contributed by atoms with E-state index in [1.807, 2.05) is 24.4 Å². The predicted molar refractivity (Wildman–Crippen MR) is 89.6 cm³/mol. The average molecular weight is 296 g/mol. The molecule has 0 unspecified atom stereocenters. The van der Waals surface area contributed by atoms with E-state index >= 15 is 0 Å². The van der Waals surface area contributed by atoms with Gasteiger partial charge >= 0.3 is 0 Å². The Balaban J connectivity index is 2.20. The molecule has 0 amide bonds. The number of para-hydroxylation sites is 1. The molecule has 3 aromatic rings. The van der Waals surface area contributed by atoms with Crippen LogP contribution in [-0.4, -0.2) is 25.7 Å². The van der Waals surface area contributed by atoms with Gasteiger partial charge in [-0.15, -0.1) is 0 Å². The van der Waals surface area contributed by atoms with Gasteiger partial charge in [0.05, 0.1) is 14.2 Å². The van der Waals surface area contributed by atoms with Crippen molar-refractivity contribution < 1.29 is 9.47 Å². The summed E-state index contributed by atoms with van der Waals surface area (Å²) in [5, 5.41) is 1.19. The van der Waals surface area contributed by atoms with Gasteiger partial charge in [0.25, 0.3) is 0 Å². The van der Waals surface area contributed by atoms with Crippen molar-refractivity contribution in [2.75, 3.05) is 20.8 Å². The topological polar surface area (TPSA) is 60.3 Å². The molecule has 0 spiro atoms. The summed E-state index contributed by atoms with van der Waals surface area (Å²) in [5.74, 6) is 1.49. The molecule has 22 heavy (non-hydrogen) atoms. The zero-order valence-corrected chi connectivity index (χ0v) is 12.8. The summed E-state index contributed by atoms with van der Waals surface area (Å²) < 4.78 is 11.0. The Hall–Kier alpha value is -2.46. The second-order valence-corrected chi connectivity index (χ2v) is 5.16. The fourth-order valence-electron chi connectivity index (χ4n) is 2.85. The summed E-state index contributed by atoms with van der Waals surface area (Å²) in [4.78, 5) is 3.31. The monoisotopic (exact) mass is 296 g/mol. The molecule has 4 nitrogen and oxygen atoms in total. The standard InChI is InChI=1S/C18H20N2O2/c1-21-17-10-13(9-12(7-8-19)18(17)22-2)15-11-20-16-6-4-3-5-14(15)16/h3-6,9-11,20H,7-8,19H2,1-2H3. The van der Waals surface area contributed by atoms with Gasteiger partial charge in [-0.1, -0.05) is 18.2 Å². The van der Waals surface area contributed by atoms with Gasteiger partial charge in [-0.2, -0.15) is 0 Å². The Morgan fingerprint density at radius 2 is 1.91 bits per heavy atom. The van der Waals surface area contributed by atoms with Gasteiger partial charge in [-0.3, -0.25) is 0 Å². The van der Waals surface area contributed by atoms with Crippen LogP contribution in [0.15, 0.2) is 42.6 Å². The molecule has 0 aliphatic carbocycles. The normalized spacial score (nSPS) is 10.9. The molecular formula is C18H20N2O2. The molecule has 0 aliphatic rings. The van der Waals surface area contributed by atoms with E-state index in [0.717, 1.165) is 40.1 Å². The van der Waals surface area contributed by atoms with Gasteiger partial charge in [-0.25, -0.2) is 0 Å². The average Bonchev–Trinajstić information content (AvgIpc) is 2.98. The SMILES string of the molecule is COc1cc(-c2c[nH]c3ccccc23)cc(CCN)c1OC. The lowest BCUT2D eigenvalue weighted by Gasteiger charge is -2.14.